The lowest BCUT2D eigenvalue weighted by Gasteiger charge is -2.22. The Morgan fingerprint density at radius 2 is 2.00 bits per heavy atom. The fourth-order valence-corrected chi connectivity index (χ4v) is 1.14. The molecule has 0 bridgehead atoms. The molecule has 0 aliphatic carbocycles. The highest BCUT2D eigenvalue weighted by atomic mass is 15.1. The largest absolute Gasteiger partial charge is 0.373 e. The summed E-state index contributed by atoms with van der Waals surface area (Å²) in [6, 6.07) is 0.184. The Hall–Kier alpha value is -1.02. The molecule has 15 heavy (non-hydrogen) atoms. The first-order valence-electron chi connectivity index (χ1n) is 5.54. The zero-order chi connectivity index (χ0) is 12.3. The van der Waals surface area contributed by atoms with Gasteiger partial charge in [-0.1, -0.05) is 32.6 Å². The minimum atomic E-state index is 0.184. The summed E-state index contributed by atoms with van der Waals surface area (Å²) in [5, 5.41) is 0. The first kappa shape index (κ1) is 16.4. The smallest absolute Gasteiger partial charge is 0.0360 e. The van der Waals surface area contributed by atoms with Crippen molar-refractivity contribution in [2.75, 3.05) is 13.6 Å². The topological polar surface area (TPSA) is 29.3 Å². The predicted octanol–water partition coefficient (Wildman–Crippen LogP) is 2.94. The third-order valence-electron chi connectivity index (χ3n) is 1.63. The van der Waals surface area contributed by atoms with Crippen molar-refractivity contribution < 1.29 is 0 Å². The summed E-state index contributed by atoms with van der Waals surface area (Å²) in [5.41, 5.74) is 6.84. The van der Waals surface area contributed by atoms with Gasteiger partial charge in [-0.2, -0.15) is 0 Å². The molecule has 0 rings (SSSR count). The van der Waals surface area contributed by atoms with Crippen LogP contribution in [0.25, 0.3) is 0 Å². The van der Waals surface area contributed by atoms with Crippen LogP contribution in [0.3, 0.4) is 0 Å². The molecule has 1 atom stereocenters. The summed E-state index contributed by atoms with van der Waals surface area (Å²) in [6.07, 6.45) is 7.81. The first-order chi connectivity index (χ1) is 7.11. The van der Waals surface area contributed by atoms with Crippen LogP contribution in [-0.2, 0) is 0 Å². The molecule has 0 aromatic heterocycles. The van der Waals surface area contributed by atoms with Crippen LogP contribution in [0.2, 0.25) is 0 Å². The number of allylic oxidation sites excluding steroid dienone is 4. The van der Waals surface area contributed by atoms with Crippen molar-refractivity contribution in [3.63, 3.8) is 0 Å². The molecule has 2 heteroatoms. The molecular formula is C13H26N2. The molecule has 0 spiro atoms. The molecule has 0 aliphatic heterocycles. The number of nitrogens with two attached hydrogens (primary N) is 1. The van der Waals surface area contributed by atoms with Crippen molar-refractivity contribution in [3.8, 4) is 0 Å². The summed E-state index contributed by atoms with van der Waals surface area (Å²) in [5.74, 6) is 0. The van der Waals surface area contributed by atoms with E-state index in [4.69, 9.17) is 5.73 Å². The van der Waals surface area contributed by atoms with E-state index in [1.54, 1.807) is 6.08 Å². The second-order valence-corrected chi connectivity index (χ2v) is 3.19. The van der Waals surface area contributed by atoms with Crippen LogP contribution in [0.15, 0.2) is 36.6 Å². The van der Waals surface area contributed by atoms with Gasteiger partial charge in [-0.05, 0) is 26.0 Å². The average molecular weight is 210 g/mol. The summed E-state index contributed by atoms with van der Waals surface area (Å²) >= 11 is 0. The van der Waals surface area contributed by atoms with Gasteiger partial charge in [0.05, 0.1) is 0 Å². The quantitative estimate of drug-likeness (QED) is 0.707. The van der Waals surface area contributed by atoms with Gasteiger partial charge in [-0.3, -0.25) is 0 Å². The van der Waals surface area contributed by atoms with E-state index < -0.39 is 0 Å². The maximum atomic E-state index is 5.70. The molecule has 0 fully saturated rings. The van der Waals surface area contributed by atoms with E-state index >= 15 is 0 Å². The molecule has 0 aliphatic rings. The summed E-state index contributed by atoms with van der Waals surface area (Å²) < 4.78 is 0. The van der Waals surface area contributed by atoms with Crippen molar-refractivity contribution in [2.45, 2.75) is 33.7 Å². The van der Waals surface area contributed by atoms with E-state index in [0.717, 1.165) is 12.2 Å². The van der Waals surface area contributed by atoms with Gasteiger partial charge in [0.1, 0.15) is 0 Å². The molecule has 0 heterocycles. The van der Waals surface area contributed by atoms with Crippen LogP contribution < -0.4 is 5.73 Å². The lowest BCUT2D eigenvalue weighted by molar-refractivity contribution is 0.401. The van der Waals surface area contributed by atoms with E-state index in [-0.39, 0.29) is 6.04 Å². The minimum Gasteiger partial charge on any atom is -0.373 e. The van der Waals surface area contributed by atoms with Crippen molar-refractivity contribution in [3.05, 3.63) is 36.6 Å². The molecule has 0 aromatic carbocycles. The van der Waals surface area contributed by atoms with Gasteiger partial charge in [0, 0.05) is 25.3 Å². The Labute approximate surface area is 95.2 Å². The minimum absolute atomic E-state index is 0.184. The maximum absolute atomic E-state index is 5.70. The van der Waals surface area contributed by atoms with Crippen LogP contribution >= 0.6 is 0 Å². The Morgan fingerprint density at radius 3 is 2.33 bits per heavy atom. The third-order valence-corrected chi connectivity index (χ3v) is 1.63. The van der Waals surface area contributed by atoms with E-state index in [0.29, 0.717) is 0 Å². The summed E-state index contributed by atoms with van der Waals surface area (Å²) in [6.45, 7) is 12.5. The first-order valence-corrected chi connectivity index (χ1v) is 5.54. The monoisotopic (exact) mass is 210 g/mol. The number of hydrogen-bond donors (Lipinski definition) is 1. The highest BCUT2D eigenvalue weighted by molar-refractivity contribution is 5.21. The number of hydrogen-bond acceptors (Lipinski definition) is 2. The van der Waals surface area contributed by atoms with E-state index in [1.165, 1.54) is 0 Å². The second kappa shape index (κ2) is 11.1. The molecule has 2 nitrogen and oxygen atoms in total. The van der Waals surface area contributed by atoms with Gasteiger partial charge < -0.3 is 10.6 Å². The molecular weight excluding hydrogens is 184 g/mol. The highest BCUT2D eigenvalue weighted by Crippen LogP contribution is 2.04. The fraction of sp³-hybridized carbons (Fsp3) is 0.538. The molecule has 0 radical (unpaired) electrons. The van der Waals surface area contributed by atoms with Crippen LogP contribution in [-0.4, -0.2) is 24.5 Å². The third kappa shape index (κ3) is 9.29. The Morgan fingerprint density at radius 1 is 1.47 bits per heavy atom. The molecule has 0 saturated heterocycles. The number of nitrogens with zero attached hydrogens (tertiary/aromatic N) is 1. The second-order valence-electron chi connectivity index (χ2n) is 3.19. The summed E-state index contributed by atoms with van der Waals surface area (Å²) in [7, 11) is 2.03. The van der Waals surface area contributed by atoms with Crippen LogP contribution in [0, 0.1) is 0 Å². The number of likely N-dealkylation sites (N-methyl/N-ethyl adjacent to an activating group) is 1. The average Bonchev–Trinajstić information content (AvgIpc) is 2.19. The normalized spacial score (nSPS) is 13.1. The standard InChI is InChI=1S/C11H20N2.C2H6/c1-5-7-11(8-6-2)13(4)9-10(3)12;1-2/h5-8,10H,1,9,12H2,2-4H3;1-2H3/b8-6-,11-7+;/t10-;/m0./s1. The van der Waals surface area contributed by atoms with Crippen LogP contribution in [0.1, 0.15) is 27.7 Å². The molecule has 0 saturated carbocycles. The van der Waals surface area contributed by atoms with E-state index in [9.17, 15) is 0 Å². The van der Waals surface area contributed by atoms with Crippen LogP contribution in [0.5, 0.6) is 0 Å². The Kier molecular flexibility index (Phi) is 12.1. The fourth-order valence-electron chi connectivity index (χ4n) is 1.14. The number of rotatable bonds is 5. The van der Waals surface area contributed by atoms with Gasteiger partial charge in [-0.15, -0.1) is 0 Å². The highest BCUT2D eigenvalue weighted by Gasteiger charge is 2.02. The van der Waals surface area contributed by atoms with E-state index in [1.807, 2.05) is 53.0 Å². The Balaban J connectivity index is 0. The van der Waals surface area contributed by atoms with Gasteiger partial charge in [0.25, 0.3) is 0 Å². The van der Waals surface area contributed by atoms with Gasteiger partial charge in [-0.25, -0.2) is 0 Å². The van der Waals surface area contributed by atoms with Crippen molar-refractivity contribution in [1.29, 1.82) is 0 Å². The van der Waals surface area contributed by atoms with E-state index in [2.05, 4.69) is 11.5 Å². The predicted molar refractivity (Wildman–Crippen MR) is 70.7 cm³/mol. The van der Waals surface area contributed by atoms with Gasteiger partial charge in [0.15, 0.2) is 0 Å². The SMILES string of the molecule is C=C/C=C(\C=C/C)N(C)C[C@H](C)N.CC. The molecule has 0 unspecified atom stereocenters. The molecule has 2 N–H and O–H groups in total. The van der Waals surface area contributed by atoms with Crippen molar-refractivity contribution >= 4 is 0 Å². The lowest BCUT2D eigenvalue weighted by atomic mass is 10.2. The Bertz CT molecular complexity index is 203. The van der Waals surface area contributed by atoms with Crippen LogP contribution in [0.4, 0.5) is 0 Å². The van der Waals surface area contributed by atoms with Crippen molar-refractivity contribution in [2.24, 2.45) is 5.73 Å². The molecule has 0 aromatic rings. The molecule has 0 amide bonds. The summed E-state index contributed by atoms with van der Waals surface area (Å²) in [4.78, 5) is 2.12. The van der Waals surface area contributed by atoms with Gasteiger partial charge >= 0.3 is 0 Å². The lowest BCUT2D eigenvalue weighted by Crippen LogP contribution is -2.31. The zero-order valence-electron chi connectivity index (χ0n) is 10.8. The maximum Gasteiger partial charge on any atom is 0.0360 e. The molecule has 88 valence electrons. The zero-order valence-corrected chi connectivity index (χ0v) is 10.8. The van der Waals surface area contributed by atoms with Crippen molar-refractivity contribution in [1.82, 2.24) is 4.90 Å². The van der Waals surface area contributed by atoms with Gasteiger partial charge in [0.2, 0.25) is 0 Å².